The van der Waals surface area contributed by atoms with Crippen LogP contribution < -0.4 is 5.73 Å². The van der Waals surface area contributed by atoms with E-state index in [0.717, 1.165) is 19.2 Å². The fourth-order valence-electron chi connectivity index (χ4n) is 1.19. The molecular weight excluding hydrogens is 219 g/mol. The number of nitro groups is 1. The van der Waals surface area contributed by atoms with Gasteiger partial charge in [-0.15, -0.1) is 0 Å². The van der Waals surface area contributed by atoms with E-state index in [2.05, 4.69) is 4.74 Å². The van der Waals surface area contributed by atoms with Crippen LogP contribution in [0.3, 0.4) is 0 Å². The first-order valence-corrected chi connectivity index (χ1v) is 4.24. The maximum atomic E-state index is 12.8. The van der Waals surface area contributed by atoms with Crippen LogP contribution in [0, 0.1) is 15.9 Å². The smallest absolute Gasteiger partial charge is 0.327 e. The van der Waals surface area contributed by atoms with Gasteiger partial charge in [0.1, 0.15) is 11.9 Å². The van der Waals surface area contributed by atoms with Crippen molar-refractivity contribution in [1.29, 1.82) is 0 Å². The summed E-state index contributed by atoms with van der Waals surface area (Å²) in [4.78, 5) is 20.9. The second-order valence-electron chi connectivity index (χ2n) is 2.96. The van der Waals surface area contributed by atoms with E-state index in [9.17, 15) is 19.3 Å². The summed E-state index contributed by atoms with van der Waals surface area (Å²) in [6, 6.07) is 1.49. The molecule has 0 aliphatic heterocycles. The number of nitrogens with zero attached hydrogens (tertiary/aromatic N) is 1. The summed E-state index contributed by atoms with van der Waals surface area (Å²) in [7, 11) is 1.11. The highest BCUT2D eigenvalue weighted by atomic mass is 19.1. The van der Waals surface area contributed by atoms with Crippen molar-refractivity contribution in [1.82, 2.24) is 0 Å². The highest BCUT2D eigenvalue weighted by Crippen LogP contribution is 2.25. The van der Waals surface area contributed by atoms with E-state index in [4.69, 9.17) is 5.73 Å². The molecule has 0 unspecified atom stereocenters. The normalized spacial score (nSPS) is 11.9. The van der Waals surface area contributed by atoms with Gasteiger partial charge in [0.25, 0.3) is 5.69 Å². The molecule has 16 heavy (non-hydrogen) atoms. The molecule has 0 bridgehead atoms. The lowest BCUT2D eigenvalue weighted by molar-refractivity contribution is -0.385. The lowest BCUT2D eigenvalue weighted by Crippen LogP contribution is -2.23. The first kappa shape index (κ1) is 12.1. The molecule has 0 radical (unpaired) electrons. The Labute approximate surface area is 90.0 Å². The summed E-state index contributed by atoms with van der Waals surface area (Å²) in [6.07, 6.45) is 0. The minimum atomic E-state index is -1.30. The molecule has 0 amide bonds. The molecule has 1 aromatic carbocycles. The van der Waals surface area contributed by atoms with E-state index in [1.165, 1.54) is 0 Å². The number of halogens is 1. The third-order valence-corrected chi connectivity index (χ3v) is 1.98. The van der Waals surface area contributed by atoms with Gasteiger partial charge in [-0.05, 0) is 12.1 Å². The van der Waals surface area contributed by atoms with Crippen molar-refractivity contribution in [3.8, 4) is 0 Å². The van der Waals surface area contributed by atoms with E-state index >= 15 is 0 Å². The highest BCUT2D eigenvalue weighted by molar-refractivity contribution is 5.78. The zero-order valence-corrected chi connectivity index (χ0v) is 8.34. The van der Waals surface area contributed by atoms with Gasteiger partial charge in [-0.1, -0.05) is 0 Å². The molecule has 6 nitrogen and oxygen atoms in total. The Bertz CT molecular complexity index is 436. The summed E-state index contributed by atoms with van der Waals surface area (Å²) < 4.78 is 17.1. The second-order valence-corrected chi connectivity index (χ2v) is 2.96. The third kappa shape index (κ3) is 2.31. The maximum absolute atomic E-state index is 12.8. The van der Waals surface area contributed by atoms with Crippen LogP contribution in [0.5, 0.6) is 0 Å². The quantitative estimate of drug-likeness (QED) is 0.471. The molecule has 0 aromatic heterocycles. The van der Waals surface area contributed by atoms with Gasteiger partial charge in [-0.2, -0.15) is 0 Å². The molecule has 2 N–H and O–H groups in total. The second kappa shape index (κ2) is 4.67. The van der Waals surface area contributed by atoms with Crippen LogP contribution in [-0.2, 0) is 9.53 Å². The molecule has 86 valence electrons. The molecule has 0 heterocycles. The number of carbonyl (C=O) groups is 1. The van der Waals surface area contributed by atoms with Crippen LogP contribution in [0.1, 0.15) is 11.6 Å². The van der Waals surface area contributed by atoms with E-state index in [1.807, 2.05) is 0 Å². The molecule has 1 rings (SSSR count). The van der Waals surface area contributed by atoms with Gasteiger partial charge in [0.05, 0.1) is 23.7 Å². The molecule has 1 aromatic rings. The van der Waals surface area contributed by atoms with Crippen LogP contribution in [0.4, 0.5) is 10.1 Å². The van der Waals surface area contributed by atoms with Crippen molar-refractivity contribution >= 4 is 11.7 Å². The number of carbonyl (C=O) groups excluding carboxylic acids is 1. The number of rotatable bonds is 3. The van der Waals surface area contributed by atoms with E-state index in [-0.39, 0.29) is 5.56 Å². The number of hydrogen-bond acceptors (Lipinski definition) is 5. The zero-order chi connectivity index (χ0) is 12.3. The van der Waals surface area contributed by atoms with E-state index in [0.29, 0.717) is 6.07 Å². The monoisotopic (exact) mass is 228 g/mol. The average molecular weight is 228 g/mol. The van der Waals surface area contributed by atoms with Crippen molar-refractivity contribution in [3.05, 3.63) is 39.7 Å². The summed E-state index contributed by atoms with van der Waals surface area (Å²) in [6.45, 7) is 0. The van der Waals surface area contributed by atoms with Crippen LogP contribution in [-0.4, -0.2) is 18.0 Å². The van der Waals surface area contributed by atoms with Gasteiger partial charge in [0.2, 0.25) is 0 Å². The number of esters is 1. The Morgan fingerprint density at radius 3 is 2.75 bits per heavy atom. The number of nitro benzene ring substituents is 1. The molecule has 0 saturated carbocycles. The van der Waals surface area contributed by atoms with Crippen molar-refractivity contribution < 1.29 is 18.8 Å². The fraction of sp³-hybridized carbons (Fsp3) is 0.222. The molecule has 1 atom stereocenters. The lowest BCUT2D eigenvalue weighted by Gasteiger charge is -2.09. The molecule has 7 heteroatoms. The first-order valence-electron chi connectivity index (χ1n) is 4.24. The van der Waals surface area contributed by atoms with Crippen LogP contribution >= 0.6 is 0 Å². The molecule has 0 fully saturated rings. The summed E-state index contributed by atoms with van der Waals surface area (Å²) in [5.74, 6) is -1.60. The van der Waals surface area contributed by atoms with Crippen LogP contribution in [0.25, 0.3) is 0 Å². The SMILES string of the molecule is COC(=O)[C@H](N)c1ccc(F)cc1[N+](=O)[O-]. The van der Waals surface area contributed by atoms with Gasteiger partial charge in [-0.3, -0.25) is 10.1 Å². The summed E-state index contributed by atoms with van der Waals surface area (Å²) in [5.41, 5.74) is 4.81. The number of nitrogens with two attached hydrogens (primary N) is 1. The minimum absolute atomic E-state index is 0.0850. The Hall–Kier alpha value is -2.02. The zero-order valence-electron chi connectivity index (χ0n) is 8.34. The van der Waals surface area contributed by atoms with Gasteiger partial charge in [-0.25, -0.2) is 9.18 Å². The Kier molecular flexibility index (Phi) is 3.51. The standard InChI is InChI=1S/C9H9FN2O4/c1-16-9(13)8(11)6-3-2-5(10)4-7(6)12(14)15/h2-4,8H,11H2,1H3/t8-/m1/s1. The van der Waals surface area contributed by atoms with Gasteiger partial charge < -0.3 is 10.5 Å². The molecule has 0 aliphatic rings. The summed E-state index contributed by atoms with van der Waals surface area (Å²) in [5, 5.41) is 10.6. The minimum Gasteiger partial charge on any atom is -0.468 e. The van der Waals surface area contributed by atoms with Crippen molar-refractivity contribution in [2.24, 2.45) is 5.73 Å². The number of benzene rings is 1. The molecule has 0 aliphatic carbocycles. The topological polar surface area (TPSA) is 95.5 Å². The predicted molar refractivity (Wildman–Crippen MR) is 52.0 cm³/mol. The van der Waals surface area contributed by atoms with E-state index < -0.39 is 28.4 Å². The lowest BCUT2D eigenvalue weighted by atomic mass is 10.1. The molecule has 0 spiro atoms. The molecular formula is C9H9FN2O4. The van der Waals surface area contributed by atoms with Crippen LogP contribution in [0.2, 0.25) is 0 Å². The third-order valence-electron chi connectivity index (χ3n) is 1.98. The van der Waals surface area contributed by atoms with Crippen LogP contribution in [0.15, 0.2) is 18.2 Å². The number of hydrogen-bond donors (Lipinski definition) is 1. The Morgan fingerprint density at radius 2 is 2.25 bits per heavy atom. The number of ether oxygens (including phenoxy) is 1. The maximum Gasteiger partial charge on any atom is 0.327 e. The van der Waals surface area contributed by atoms with Crippen molar-refractivity contribution in [3.63, 3.8) is 0 Å². The Morgan fingerprint density at radius 1 is 1.62 bits per heavy atom. The van der Waals surface area contributed by atoms with Crippen molar-refractivity contribution in [2.45, 2.75) is 6.04 Å². The Balaban J connectivity index is 3.22. The van der Waals surface area contributed by atoms with Gasteiger partial charge >= 0.3 is 5.97 Å². The summed E-state index contributed by atoms with van der Waals surface area (Å²) >= 11 is 0. The molecule has 0 saturated heterocycles. The average Bonchev–Trinajstić information content (AvgIpc) is 2.26. The van der Waals surface area contributed by atoms with E-state index in [1.54, 1.807) is 0 Å². The van der Waals surface area contributed by atoms with Gasteiger partial charge in [0, 0.05) is 0 Å². The number of methoxy groups -OCH3 is 1. The van der Waals surface area contributed by atoms with Gasteiger partial charge in [0.15, 0.2) is 0 Å². The predicted octanol–water partition coefficient (Wildman–Crippen LogP) is 0.907. The largest absolute Gasteiger partial charge is 0.468 e. The fourth-order valence-corrected chi connectivity index (χ4v) is 1.19. The highest BCUT2D eigenvalue weighted by Gasteiger charge is 2.25. The van der Waals surface area contributed by atoms with Crippen molar-refractivity contribution in [2.75, 3.05) is 7.11 Å². The first-order chi connectivity index (χ1) is 7.47.